The van der Waals surface area contributed by atoms with Gasteiger partial charge in [-0.15, -0.1) is 0 Å². The average Bonchev–Trinajstić information content (AvgIpc) is 2.87. The maximum atomic E-state index is 12.9. The maximum Gasteiger partial charge on any atom is 0.257 e. The average molecular weight is 490 g/mol. The van der Waals surface area contributed by atoms with Gasteiger partial charge >= 0.3 is 0 Å². The topological polar surface area (TPSA) is 70.7 Å². The fraction of sp³-hybridized carbons (Fsp3) is 0.250. The number of carbonyl (C=O) groups excluding carboxylic acids is 2. The summed E-state index contributed by atoms with van der Waals surface area (Å²) in [5.74, 6) is 0.606. The molecule has 35 heavy (non-hydrogen) atoms. The molecule has 2 N–H and O–H groups in total. The number of rotatable bonds is 9. The van der Waals surface area contributed by atoms with Gasteiger partial charge in [-0.3, -0.25) is 14.9 Å². The molecule has 0 aromatic heterocycles. The van der Waals surface area contributed by atoms with E-state index in [1.807, 2.05) is 42.5 Å². The lowest BCUT2D eigenvalue weighted by molar-refractivity contribution is 0.0950. The minimum Gasteiger partial charge on any atom is -0.494 e. The number of para-hydroxylation sites is 1. The van der Waals surface area contributed by atoms with Crippen molar-refractivity contribution in [1.82, 2.24) is 10.6 Å². The van der Waals surface area contributed by atoms with Gasteiger partial charge in [0, 0.05) is 19.2 Å². The third kappa shape index (κ3) is 7.65. The molecule has 6 nitrogen and oxygen atoms in total. The third-order valence-corrected chi connectivity index (χ3v) is 5.77. The molecule has 0 aliphatic carbocycles. The van der Waals surface area contributed by atoms with Crippen LogP contribution in [0.4, 0.5) is 5.69 Å². The van der Waals surface area contributed by atoms with Crippen LogP contribution in [0.25, 0.3) is 0 Å². The Balaban J connectivity index is 1.64. The zero-order chi connectivity index (χ0) is 25.2. The van der Waals surface area contributed by atoms with E-state index in [9.17, 15) is 9.59 Å². The molecule has 0 radical (unpaired) electrons. The second-order valence-corrected chi connectivity index (χ2v) is 8.95. The van der Waals surface area contributed by atoms with E-state index in [0.29, 0.717) is 41.6 Å². The van der Waals surface area contributed by atoms with Crippen LogP contribution in [0, 0.1) is 5.92 Å². The Bertz CT molecular complexity index is 1160. The van der Waals surface area contributed by atoms with Crippen molar-refractivity contribution in [3.05, 3.63) is 95.6 Å². The van der Waals surface area contributed by atoms with Crippen molar-refractivity contribution in [3.8, 4) is 5.75 Å². The number of nitrogens with zero attached hydrogens (tertiary/aromatic N) is 1. The van der Waals surface area contributed by atoms with Gasteiger partial charge in [-0.2, -0.15) is 0 Å². The first kappa shape index (κ1) is 25.9. The van der Waals surface area contributed by atoms with Crippen LogP contribution in [0.5, 0.6) is 5.75 Å². The molecule has 0 aliphatic heterocycles. The van der Waals surface area contributed by atoms with Crippen molar-refractivity contribution < 1.29 is 14.3 Å². The minimum absolute atomic E-state index is 0.185. The predicted octanol–water partition coefficient (Wildman–Crippen LogP) is 5.19. The van der Waals surface area contributed by atoms with Gasteiger partial charge in [0.1, 0.15) is 5.75 Å². The number of anilines is 1. The van der Waals surface area contributed by atoms with Crippen molar-refractivity contribution in [1.29, 1.82) is 0 Å². The van der Waals surface area contributed by atoms with Crippen molar-refractivity contribution in [3.63, 3.8) is 0 Å². The lowest BCUT2D eigenvalue weighted by Crippen LogP contribution is -2.41. The molecule has 3 rings (SSSR count). The normalized spacial score (nSPS) is 10.5. The van der Waals surface area contributed by atoms with Crippen LogP contribution >= 0.6 is 12.2 Å². The third-order valence-electron chi connectivity index (χ3n) is 5.39. The first-order valence-corrected chi connectivity index (χ1v) is 12.0. The van der Waals surface area contributed by atoms with Crippen LogP contribution in [0.3, 0.4) is 0 Å². The number of hydrogen-bond acceptors (Lipinski definition) is 4. The van der Waals surface area contributed by atoms with E-state index in [1.165, 1.54) is 0 Å². The van der Waals surface area contributed by atoms with E-state index < -0.39 is 0 Å². The molecule has 2 amide bonds. The summed E-state index contributed by atoms with van der Waals surface area (Å²) >= 11 is 5.48. The molecule has 182 valence electrons. The van der Waals surface area contributed by atoms with Gasteiger partial charge in [-0.25, -0.2) is 0 Å². The Kier molecular flexibility index (Phi) is 9.38. The summed E-state index contributed by atoms with van der Waals surface area (Å²) in [6.45, 7) is 5.27. The Labute approximate surface area is 212 Å². The summed E-state index contributed by atoms with van der Waals surface area (Å²) in [5.41, 5.74) is 2.50. The second kappa shape index (κ2) is 12.7. The van der Waals surface area contributed by atoms with Crippen LogP contribution in [0.2, 0.25) is 0 Å². The Morgan fingerprint density at radius 3 is 2.40 bits per heavy atom. The highest BCUT2D eigenvalue weighted by molar-refractivity contribution is 7.80. The van der Waals surface area contributed by atoms with Crippen LogP contribution in [-0.2, 0) is 6.54 Å². The lowest BCUT2D eigenvalue weighted by atomic mass is 10.1. The molecule has 0 bridgehead atoms. The van der Waals surface area contributed by atoms with Gasteiger partial charge in [-0.1, -0.05) is 62.4 Å². The molecule has 0 saturated heterocycles. The quantitative estimate of drug-likeness (QED) is 0.405. The predicted molar refractivity (Wildman–Crippen MR) is 144 cm³/mol. The molecule has 0 spiro atoms. The van der Waals surface area contributed by atoms with Gasteiger partial charge in [0.05, 0.1) is 17.9 Å². The largest absolute Gasteiger partial charge is 0.494 e. The molecule has 0 unspecified atom stereocenters. The van der Waals surface area contributed by atoms with E-state index in [-0.39, 0.29) is 16.9 Å². The van der Waals surface area contributed by atoms with Gasteiger partial charge in [-0.05, 0) is 60.5 Å². The molecule has 3 aromatic carbocycles. The molecular weight excluding hydrogens is 458 g/mol. The molecule has 0 atom stereocenters. The molecule has 0 fully saturated rings. The molecule has 0 saturated carbocycles. The summed E-state index contributed by atoms with van der Waals surface area (Å²) in [6.07, 6.45) is 0.934. The fourth-order valence-electron chi connectivity index (χ4n) is 3.33. The van der Waals surface area contributed by atoms with Crippen molar-refractivity contribution >= 4 is 34.8 Å². The molecule has 0 heterocycles. The first-order chi connectivity index (χ1) is 16.8. The summed E-state index contributed by atoms with van der Waals surface area (Å²) in [7, 11) is 1.72. The summed E-state index contributed by atoms with van der Waals surface area (Å²) in [5, 5.41) is 5.87. The molecular formula is C28H31N3O3S. The minimum atomic E-state index is -0.345. The Morgan fingerprint density at radius 1 is 0.943 bits per heavy atom. The Morgan fingerprint density at radius 2 is 1.66 bits per heavy atom. The van der Waals surface area contributed by atoms with Crippen LogP contribution in [0.1, 0.15) is 46.5 Å². The fourth-order valence-corrected chi connectivity index (χ4v) is 3.52. The highest BCUT2D eigenvalue weighted by Crippen LogP contribution is 2.20. The highest BCUT2D eigenvalue weighted by atomic mass is 32.1. The zero-order valence-corrected chi connectivity index (χ0v) is 21.1. The second-order valence-electron chi connectivity index (χ2n) is 8.56. The van der Waals surface area contributed by atoms with Crippen LogP contribution < -0.4 is 20.3 Å². The van der Waals surface area contributed by atoms with E-state index in [1.54, 1.807) is 48.3 Å². The number of amides is 2. The van der Waals surface area contributed by atoms with E-state index >= 15 is 0 Å². The van der Waals surface area contributed by atoms with E-state index in [2.05, 4.69) is 24.5 Å². The van der Waals surface area contributed by atoms with E-state index in [0.717, 1.165) is 12.0 Å². The molecule has 3 aromatic rings. The Hall–Kier alpha value is -3.71. The van der Waals surface area contributed by atoms with Gasteiger partial charge < -0.3 is 15.0 Å². The zero-order valence-electron chi connectivity index (χ0n) is 20.3. The van der Waals surface area contributed by atoms with Gasteiger partial charge in [0.25, 0.3) is 11.8 Å². The SMILES string of the molecule is CC(C)CCOc1cccc(C(=O)NC(=S)N(C)c2ccccc2C(=O)NCc2ccccc2)c1. The number of ether oxygens (including phenoxy) is 1. The molecule has 7 heteroatoms. The number of hydrogen-bond donors (Lipinski definition) is 2. The van der Waals surface area contributed by atoms with Crippen LogP contribution in [-0.4, -0.2) is 30.6 Å². The summed E-state index contributed by atoms with van der Waals surface area (Å²) < 4.78 is 5.76. The van der Waals surface area contributed by atoms with Crippen molar-refractivity contribution in [2.75, 3.05) is 18.6 Å². The first-order valence-electron chi connectivity index (χ1n) is 11.6. The standard InChI is InChI=1S/C28H31N3O3S/c1-20(2)16-17-34-23-13-9-12-22(18-23)26(32)30-28(35)31(3)25-15-8-7-14-24(25)27(33)29-19-21-10-5-4-6-11-21/h4-15,18,20H,16-17,19H2,1-3H3,(H,29,33)(H,30,32,35). The van der Waals surface area contributed by atoms with Crippen LogP contribution in [0.15, 0.2) is 78.9 Å². The van der Waals surface area contributed by atoms with Crippen molar-refractivity contribution in [2.24, 2.45) is 5.92 Å². The lowest BCUT2D eigenvalue weighted by Gasteiger charge is -2.23. The van der Waals surface area contributed by atoms with E-state index in [4.69, 9.17) is 17.0 Å². The van der Waals surface area contributed by atoms with Crippen molar-refractivity contribution in [2.45, 2.75) is 26.8 Å². The highest BCUT2D eigenvalue weighted by Gasteiger charge is 2.18. The maximum absolute atomic E-state index is 12.9. The van der Waals surface area contributed by atoms with Gasteiger partial charge in [0.15, 0.2) is 5.11 Å². The summed E-state index contributed by atoms with van der Waals surface area (Å²) in [4.78, 5) is 27.4. The number of carbonyl (C=O) groups is 2. The number of thiocarbonyl (C=S) groups is 1. The number of benzene rings is 3. The molecule has 0 aliphatic rings. The monoisotopic (exact) mass is 489 g/mol. The number of nitrogens with one attached hydrogen (secondary N) is 2. The smallest absolute Gasteiger partial charge is 0.257 e. The summed E-state index contributed by atoms with van der Waals surface area (Å²) in [6, 6.07) is 23.8. The van der Waals surface area contributed by atoms with Gasteiger partial charge in [0.2, 0.25) is 0 Å².